The van der Waals surface area contributed by atoms with Crippen LogP contribution in [0.25, 0.3) is 10.9 Å². The molecule has 0 spiro atoms. The van der Waals surface area contributed by atoms with Crippen LogP contribution >= 0.6 is 15.9 Å². The van der Waals surface area contributed by atoms with Crippen molar-refractivity contribution in [3.05, 3.63) is 68.7 Å². The quantitative estimate of drug-likeness (QED) is 0.564. The maximum Gasteiger partial charge on any atom is 0.344 e. The molecule has 0 fully saturated rings. The molecule has 2 aromatic carbocycles. The Labute approximate surface area is 175 Å². The van der Waals surface area contributed by atoms with Crippen molar-refractivity contribution in [2.75, 3.05) is 0 Å². The first-order valence-electron chi connectivity index (χ1n) is 9.02. The molecule has 3 rings (SSSR count). The Morgan fingerprint density at radius 1 is 1.24 bits per heavy atom. The first-order chi connectivity index (χ1) is 13.8. The van der Waals surface area contributed by atoms with Crippen molar-refractivity contribution < 1.29 is 14.6 Å². The van der Waals surface area contributed by atoms with E-state index in [9.17, 15) is 9.59 Å². The van der Waals surface area contributed by atoms with Gasteiger partial charge >= 0.3 is 5.97 Å². The number of carbonyl (C=O) groups is 1. The molecule has 0 radical (unpaired) electrons. The highest BCUT2D eigenvalue weighted by molar-refractivity contribution is 9.10. The van der Waals surface area contributed by atoms with Crippen molar-refractivity contribution in [3.8, 4) is 5.75 Å². The monoisotopic (exact) mass is 457 g/mol. The van der Waals surface area contributed by atoms with Gasteiger partial charge in [-0.2, -0.15) is 9.78 Å². The number of rotatable bonds is 6. The van der Waals surface area contributed by atoms with E-state index in [2.05, 4.69) is 26.0 Å². The molecule has 0 amide bonds. The van der Waals surface area contributed by atoms with Crippen molar-refractivity contribution in [2.45, 2.75) is 32.8 Å². The highest BCUT2D eigenvalue weighted by atomic mass is 79.9. The third-order valence-corrected chi connectivity index (χ3v) is 4.68. The van der Waals surface area contributed by atoms with Gasteiger partial charge < -0.3 is 9.84 Å². The lowest BCUT2D eigenvalue weighted by atomic mass is 10.2. The Hall–Kier alpha value is -3.00. The lowest BCUT2D eigenvalue weighted by molar-refractivity contribution is -0.144. The number of carboxylic acids is 1. The Bertz CT molecular complexity index is 1150. The van der Waals surface area contributed by atoms with E-state index in [4.69, 9.17) is 9.84 Å². The number of benzene rings is 2. The Morgan fingerprint density at radius 3 is 2.69 bits per heavy atom. The van der Waals surface area contributed by atoms with E-state index in [0.29, 0.717) is 28.0 Å². The van der Waals surface area contributed by atoms with E-state index in [-0.39, 0.29) is 11.5 Å². The topological polar surface area (TPSA) is 93.8 Å². The molecular formula is C21H20BrN3O4. The van der Waals surface area contributed by atoms with Crippen LogP contribution < -0.4 is 10.3 Å². The molecule has 0 unspecified atom stereocenters. The fourth-order valence-electron chi connectivity index (χ4n) is 2.70. The maximum atomic E-state index is 13.0. The summed E-state index contributed by atoms with van der Waals surface area (Å²) in [5, 5.41) is 13.8. The fraction of sp³-hybridized carbons (Fsp3) is 0.238. The van der Waals surface area contributed by atoms with E-state index in [1.807, 2.05) is 19.9 Å². The van der Waals surface area contributed by atoms with Gasteiger partial charge in [0.2, 0.25) is 0 Å². The van der Waals surface area contributed by atoms with Crippen molar-refractivity contribution >= 4 is 39.0 Å². The van der Waals surface area contributed by atoms with Gasteiger partial charge in [-0.1, -0.05) is 41.9 Å². The average Bonchev–Trinajstić information content (AvgIpc) is 2.67. The molecule has 0 aliphatic heterocycles. The SMILES string of the molecule is CC(C)c1nc2ccc(Br)cc2c(=O)n1N=Cc1cccc(O[C@H](C)C(=O)O)c1. The van der Waals surface area contributed by atoms with Crippen LogP contribution in [0, 0.1) is 0 Å². The molecule has 0 saturated carbocycles. The summed E-state index contributed by atoms with van der Waals surface area (Å²) >= 11 is 3.38. The zero-order valence-corrected chi connectivity index (χ0v) is 17.8. The van der Waals surface area contributed by atoms with Crippen molar-refractivity contribution in [1.29, 1.82) is 0 Å². The van der Waals surface area contributed by atoms with Gasteiger partial charge in [-0.3, -0.25) is 4.79 Å². The molecule has 8 heteroatoms. The molecular weight excluding hydrogens is 438 g/mol. The number of aromatic nitrogens is 2. The molecule has 1 aromatic heterocycles. The summed E-state index contributed by atoms with van der Waals surface area (Å²) < 4.78 is 7.46. The number of hydrogen-bond donors (Lipinski definition) is 1. The van der Waals surface area contributed by atoms with E-state index >= 15 is 0 Å². The molecule has 1 N–H and O–H groups in total. The van der Waals surface area contributed by atoms with E-state index in [1.54, 1.807) is 36.4 Å². The number of halogens is 1. The number of nitrogens with zero attached hydrogens (tertiary/aromatic N) is 3. The normalized spacial score (nSPS) is 12.6. The predicted molar refractivity (Wildman–Crippen MR) is 115 cm³/mol. The molecule has 3 aromatic rings. The third-order valence-electron chi connectivity index (χ3n) is 4.19. The van der Waals surface area contributed by atoms with Gasteiger partial charge in [-0.05, 0) is 42.8 Å². The second-order valence-electron chi connectivity index (χ2n) is 6.82. The van der Waals surface area contributed by atoms with Crippen LogP contribution in [-0.4, -0.2) is 33.1 Å². The van der Waals surface area contributed by atoms with Gasteiger partial charge in [0.05, 0.1) is 17.1 Å². The second kappa shape index (κ2) is 8.57. The molecule has 150 valence electrons. The van der Waals surface area contributed by atoms with Crippen molar-refractivity contribution in [2.24, 2.45) is 5.10 Å². The Morgan fingerprint density at radius 2 is 2.00 bits per heavy atom. The van der Waals surface area contributed by atoms with Crippen LogP contribution in [0.4, 0.5) is 0 Å². The van der Waals surface area contributed by atoms with Gasteiger partial charge in [0, 0.05) is 10.4 Å². The Balaban J connectivity index is 2.02. The number of ether oxygens (including phenoxy) is 1. The minimum atomic E-state index is -1.05. The molecule has 29 heavy (non-hydrogen) atoms. The summed E-state index contributed by atoms with van der Waals surface area (Å²) in [6, 6.07) is 12.2. The summed E-state index contributed by atoms with van der Waals surface area (Å²) in [7, 11) is 0. The molecule has 1 atom stereocenters. The largest absolute Gasteiger partial charge is 0.479 e. The van der Waals surface area contributed by atoms with Crippen LogP contribution in [0.3, 0.4) is 0 Å². The van der Waals surface area contributed by atoms with Crippen LogP contribution in [0.1, 0.15) is 38.1 Å². The minimum absolute atomic E-state index is 0.0148. The first kappa shape index (κ1) is 20.7. The fourth-order valence-corrected chi connectivity index (χ4v) is 3.06. The Kier molecular flexibility index (Phi) is 6.12. The lowest BCUT2D eigenvalue weighted by Crippen LogP contribution is -2.23. The minimum Gasteiger partial charge on any atom is -0.479 e. The van der Waals surface area contributed by atoms with Gasteiger partial charge in [-0.25, -0.2) is 9.78 Å². The zero-order valence-electron chi connectivity index (χ0n) is 16.2. The van der Waals surface area contributed by atoms with Crippen LogP contribution in [0.2, 0.25) is 0 Å². The van der Waals surface area contributed by atoms with Crippen LogP contribution in [0.5, 0.6) is 5.75 Å². The first-order valence-corrected chi connectivity index (χ1v) is 9.81. The van der Waals surface area contributed by atoms with Gasteiger partial charge in [0.1, 0.15) is 11.6 Å². The highest BCUT2D eigenvalue weighted by Crippen LogP contribution is 2.19. The molecule has 0 aliphatic carbocycles. The van der Waals surface area contributed by atoms with Gasteiger partial charge in [0.25, 0.3) is 5.56 Å². The average molecular weight is 458 g/mol. The zero-order chi connectivity index (χ0) is 21.1. The van der Waals surface area contributed by atoms with E-state index in [1.165, 1.54) is 17.8 Å². The summed E-state index contributed by atoms with van der Waals surface area (Å²) in [6.07, 6.45) is 0.553. The standard InChI is InChI=1S/C21H20BrN3O4/c1-12(2)19-24-18-8-7-15(22)10-17(18)20(26)25(19)23-11-14-5-4-6-16(9-14)29-13(3)21(27)28/h4-13H,1-3H3,(H,27,28)/t13-/m1/s1. The summed E-state index contributed by atoms with van der Waals surface area (Å²) in [5.41, 5.74) is 1.02. The highest BCUT2D eigenvalue weighted by Gasteiger charge is 2.14. The maximum absolute atomic E-state index is 13.0. The molecule has 0 bridgehead atoms. The number of carboxylic acid groups (broad SMARTS) is 1. The predicted octanol–water partition coefficient (Wildman–Crippen LogP) is 4.02. The second-order valence-corrected chi connectivity index (χ2v) is 7.73. The molecule has 1 heterocycles. The molecule has 7 nitrogen and oxygen atoms in total. The smallest absolute Gasteiger partial charge is 0.344 e. The summed E-state index contributed by atoms with van der Waals surface area (Å²) in [5.74, 6) is -0.113. The van der Waals surface area contributed by atoms with Crippen LogP contribution in [-0.2, 0) is 4.79 Å². The summed E-state index contributed by atoms with van der Waals surface area (Å²) in [4.78, 5) is 28.6. The number of aliphatic carboxylic acids is 1. The molecule has 0 saturated heterocycles. The van der Waals surface area contributed by atoms with Crippen molar-refractivity contribution in [1.82, 2.24) is 9.66 Å². The third kappa shape index (κ3) is 4.71. The van der Waals surface area contributed by atoms with Crippen LogP contribution in [0.15, 0.2) is 56.8 Å². The van der Waals surface area contributed by atoms with Gasteiger partial charge in [0.15, 0.2) is 6.10 Å². The number of hydrogen-bond acceptors (Lipinski definition) is 5. The van der Waals surface area contributed by atoms with E-state index in [0.717, 1.165) is 4.47 Å². The van der Waals surface area contributed by atoms with Gasteiger partial charge in [-0.15, -0.1) is 0 Å². The van der Waals surface area contributed by atoms with E-state index < -0.39 is 12.1 Å². The number of fused-ring (bicyclic) bond motifs is 1. The lowest BCUT2D eigenvalue weighted by Gasteiger charge is -2.12. The molecule has 0 aliphatic rings. The summed E-state index contributed by atoms with van der Waals surface area (Å²) in [6.45, 7) is 5.34. The van der Waals surface area contributed by atoms with Crippen molar-refractivity contribution in [3.63, 3.8) is 0 Å².